The van der Waals surface area contributed by atoms with Crippen molar-refractivity contribution < 1.29 is 14.4 Å². The fraction of sp³-hybridized carbons (Fsp3) is 0.276. The lowest BCUT2D eigenvalue weighted by molar-refractivity contribution is -0.135. The summed E-state index contributed by atoms with van der Waals surface area (Å²) >= 11 is 0. The number of hydrogen-bond acceptors (Lipinski definition) is 3. The van der Waals surface area contributed by atoms with Crippen molar-refractivity contribution in [3.8, 4) is 0 Å². The fourth-order valence-corrected chi connectivity index (χ4v) is 4.34. The number of urea groups is 1. The standard InChI is InChI=1S/C29H31N3O3/c1-28(2,3)22-15-17-23(18-16-22)29(4)26(34)32(27(35)31-29)19-24(33)30-25(20-11-7-5-8-12-20)21-13-9-6-10-14-21/h5-18,25H,19H2,1-4H3,(H,30,33)(H,31,35)/t29-/m0/s1. The van der Waals surface area contributed by atoms with Crippen molar-refractivity contribution in [3.05, 3.63) is 107 Å². The first-order valence-corrected chi connectivity index (χ1v) is 11.7. The minimum atomic E-state index is -1.23. The molecule has 1 atom stereocenters. The van der Waals surface area contributed by atoms with Crippen LogP contribution in [0.25, 0.3) is 0 Å². The van der Waals surface area contributed by atoms with Gasteiger partial charge in [-0.2, -0.15) is 0 Å². The van der Waals surface area contributed by atoms with Crippen LogP contribution >= 0.6 is 0 Å². The van der Waals surface area contributed by atoms with Crippen molar-refractivity contribution in [2.45, 2.75) is 44.7 Å². The Labute approximate surface area is 206 Å². The van der Waals surface area contributed by atoms with E-state index in [1.807, 2.05) is 84.9 Å². The first-order valence-electron chi connectivity index (χ1n) is 11.7. The van der Waals surface area contributed by atoms with Crippen LogP contribution < -0.4 is 10.6 Å². The number of imide groups is 1. The summed E-state index contributed by atoms with van der Waals surface area (Å²) in [4.78, 5) is 40.2. The zero-order valence-corrected chi connectivity index (χ0v) is 20.5. The molecule has 1 saturated heterocycles. The van der Waals surface area contributed by atoms with Gasteiger partial charge in [-0.05, 0) is 34.6 Å². The Bertz CT molecular complexity index is 1180. The number of amides is 4. The molecule has 4 amide bonds. The third-order valence-electron chi connectivity index (χ3n) is 6.48. The molecule has 6 nitrogen and oxygen atoms in total. The van der Waals surface area contributed by atoms with Gasteiger partial charge in [0.05, 0.1) is 6.04 Å². The second kappa shape index (κ2) is 9.37. The molecule has 0 aromatic heterocycles. The van der Waals surface area contributed by atoms with E-state index in [0.29, 0.717) is 5.56 Å². The van der Waals surface area contributed by atoms with Gasteiger partial charge < -0.3 is 10.6 Å². The van der Waals surface area contributed by atoms with Gasteiger partial charge in [-0.3, -0.25) is 14.5 Å². The molecule has 180 valence electrons. The van der Waals surface area contributed by atoms with Gasteiger partial charge in [0.1, 0.15) is 12.1 Å². The molecule has 3 aromatic rings. The Morgan fingerprint density at radius 3 is 1.89 bits per heavy atom. The second-order valence-electron chi connectivity index (χ2n) is 10.1. The van der Waals surface area contributed by atoms with Gasteiger partial charge in [-0.1, -0.05) is 106 Å². The third-order valence-corrected chi connectivity index (χ3v) is 6.48. The van der Waals surface area contributed by atoms with Gasteiger partial charge in [0.2, 0.25) is 5.91 Å². The lowest BCUT2D eigenvalue weighted by atomic mass is 9.84. The molecule has 35 heavy (non-hydrogen) atoms. The molecule has 1 fully saturated rings. The molecule has 3 aromatic carbocycles. The molecule has 2 N–H and O–H groups in total. The number of carbonyl (C=O) groups excluding carboxylic acids is 3. The van der Waals surface area contributed by atoms with E-state index in [1.54, 1.807) is 6.92 Å². The molecular formula is C29H31N3O3. The van der Waals surface area contributed by atoms with E-state index in [0.717, 1.165) is 21.6 Å². The van der Waals surface area contributed by atoms with Crippen LogP contribution in [0, 0.1) is 0 Å². The minimum Gasteiger partial charge on any atom is -0.344 e. The van der Waals surface area contributed by atoms with E-state index in [-0.39, 0.29) is 12.0 Å². The van der Waals surface area contributed by atoms with E-state index in [9.17, 15) is 14.4 Å². The van der Waals surface area contributed by atoms with Crippen molar-refractivity contribution in [2.24, 2.45) is 0 Å². The number of carbonyl (C=O) groups is 3. The molecule has 6 heteroatoms. The molecule has 0 bridgehead atoms. The van der Waals surface area contributed by atoms with Gasteiger partial charge in [-0.25, -0.2) is 4.79 Å². The Balaban J connectivity index is 1.52. The van der Waals surface area contributed by atoms with Crippen LogP contribution in [0.2, 0.25) is 0 Å². The normalized spacial score (nSPS) is 18.0. The Morgan fingerprint density at radius 1 is 0.886 bits per heavy atom. The topological polar surface area (TPSA) is 78.5 Å². The average molecular weight is 470 g/mol. The SMILES string of the molecule is CC(C)(C)c1ccc([C@]2(C)NC(=O)N(CC(=O)NC(c3ccccc3)c3ccccc3)C2=O)cc1. The van der Waals surface area contributed by atoms with Gasteiger partial charge in [0, 0.05) is 0 Å². The molecule has 4 rings (SSSR count). The number of benzene rings is 3. The lowest BCUT2D eigenvalue weighted by Gasteiger charge is -2.25. The van der Waals surface area contributed by atoms with Crippen LogP contribution in [0.3, 0.4) is 0 Å². The Kier molecular flexibility index (Phi) is 6.48. The predicted octanol–water partition coefficient (Wildman–Crippen LogP) is 4.66. The summed E-state index contributed by atoms with van der Waals surface area (Å²) in [6.07, 6.45) is 0. The number of hydrogen-bond donors (Lipinski definition) is 2. The van der Waals surface area contributed by atoms with Crippen molar-refractivity contribution >= 4 is 17.8 Å². The van der Waals surface area contributed by atoms with Gasteiger partial charge >= 0.3 is 6.03 Å². The van der Waals surface area contributed by atoms with Crippen LogP contribution in [-0.2, 0) is 20.5 Å². The predicted molar refractivity (Wildman–Crippen MR) is 136 cm³/mol. The van der Waals surface area contributed by atoms with Crippen LogP contribution in [0.1, 0.15) is 56.0 Å². The zero-order valence-electron chi connectivity index (χ0n) is 20.5. The Hall–Kier alpha value is -3.93. The molecule has 0 spiro atoms. The van der Waals surface area contributed by atoms with E-state index in [4.69, 9.17) is 0 Å². The van der Waals surface area contributed by atoms with Crippen LogP contribution in [0.5, 0.6) is 0 Å². The zero-order chi connectivity index (χ0) is 25.2. The quantitative estimate of drug-likeness (QED) is 0.516. The minimum absolute atomic E-state index is 0.0272. The second-order valence-corrected chi connectivity index (χ2v) is 10.1. The maximum Gasteiger partial charge on any atom is 0.325 e. The number of nitrogens with zero attached hydrogens (tertiary/aromatic N) is 1. The summed E-state index contributed by atoms with van der Waals surface area (Å²) < 4.78 is 0. The van der Waals surface area contributed by atoms with Crippen LogP contribution in [0.15, 0.2) is 84.9 Å². The summed E-state index contributed by atoms with van der Waals surface area (Å²) in [5.41, 5.74) is 2.37. The van der Waals surface area contributed by atoms with E-state index in [2.05, 4.69) is 31.4 Å². The molecular weight excluding hydrogens is 438 g/mol. The van der Waals surface area contributed by atoms with E-state index < -0.39 is 29.4 Å². The molecule has 0 saturated carbocycles. The fourth-order valence-electron chi connectivity index (χ4n) is 4.34. The summed E-state index contributed by atoms with van der Waals surface area (Å²) in [6.45, 7) is 7.66. The monoisotopic (exact) mass is 469 g/mol. The summed E-state index contributed by atoms with van der Waals surface area (Å²) in [7, 11) is 0. The molecule has 1 aliphatic rings. The largest absolute Gasteiger partial charge is 0.344 e. The average Bonchev–Trinajstić information content (AvgIpc) is 3.07. The molecule has 1 heterocycles. The highest BCUT2D eigenvalue weighted by Crippen LogP contribution is 2.31. The van der Waals surface area contributed by atoms with Gasteiger partial charge in [-0.15, -0.1) is 0 Å². The smallest absolute Gasteiger partial charge is 0.325 e. The van der Waals surface area contributed by atoms with Crippen molar-refractivity contribution in [3.63, 3.8) is 0 Å². The molecule has 0 unspecified atom stereocenters. The first kappa shape index (κ1) is 24.2. The summed E-state index contributed by atoms with van der Waals surface area (Å²) in [5, 5.41) is 5.78. The van der Waals surface area contributed by atoms with Gasteiger partial charge in [0.25, 0.3) is 5.91 Å². The van der Waals surface area contributed by atoms with Crippen LogP contribution in [0.4, 0.5) is 4.79 Å². The maximum atomic E-state index is 13.3. The first-order chi connectivity index (χ1) is 16.6. The lowest BCUT2D eigenvalue weighted by Crippen LogP contribution is -2.44. The van der Waals surface area contributed by atoms with Crippen molar-refractivity contribution in [1.82, 2.24) is 15.5 Å². The van der Waals surface area contributed by atoms with Crippen molar-refractivity contribution in [1.29, 1.82) is 0 Å². The summed E-state index contributed by atoms with van der Waals surface area (Å²) in [6, 6.07) is 25.9. The van der Waals surface area contributed by atoms with Gasteiger partial charge in [0.15, 0.2) is 0 Å². The number of rotatable bonds is 6. The molecule has 0 radical (unpaired) electrons. The maximum absolute atomic E-state index is 13.3. The van der Waals surface area contributed by atoms with E-state index >= 15 is 0 Å². The summed E-state index contributed by atoms with van der Waals surface area (Å²) in [5.74, 6) is -0.865. The number of nitrogens with one attached hydrogen (secondary N) is 2. The molecule has 0 aliphatic carbocycles. The van der Waals surface area contributed by atoms with Crippen LogP contribution in [-0.4, -0.2) is 29.3 Å². The highest BCUT2D eigenvalue weighted by Gasteiger charge is 2.49. The molecule has 1 aliphatic heterocycles. The third kappa shape index (κ3) is 4.97. The Morgan fingerprint density at radius 2 is 1.40 bits per heavy atom. The highest BCUT2D eigenvalue weighted by molar-refractivity contribution is 6.09. The van der Waals surface area contributed by atoms with Crippen molar-refractivity contribution in [2.75, 3.05) is 6.54 Å². The highest BCUT2D eigenvalue weighted by atomic mass is 16.2. The van der Waals surface area contributed by atoms with E-state index in [1.165, 1.54) is 0 Å².